The van der Waals surface area contributed by atoms with E-state index in [1.807, 2.05) is 0 Å². The summed E-state index contributed by atoms with van der Waals surface area (Å²) in [6, 6.07) is 6.72. The van der Waals surface area contributed by atoms with E-state index in [0.717, 1.165) is 43.2 Å². The highest BCUT2D eigenvalue weighted by molar-refractivity contribution is 9.09. The van der Waals surface area contributed by atoms with Crippen LogP contribution in [0.4, 0.5) is 0 Å². The Morgan fingerprint density at radius 3 is 2.54 bits per heavy atom. The number of fused-ring (bicyclic) bond motifs is 5. The van der Waals surface area contributed by atoms with Crippen molar-refractivity contribution in [1.82, 2.24) is 0 Å². The first kappa shape index (κ1) is 27.8. The van der Waals surface area contributed by atoms with Crippen LogP contribution in [0.25, 0.3) is 0 Å². The fourth-order valence-corrected chi connectivity index (χ4v) is 8.94. The first-order valence-electron chi connectivity index (χ1n) is 15.5. The lowest BCUT2D eigenvalue weighted by Gasteiger charge is -2.53. The summed E-state index contributed by atoms with van der Waals surface area (Å²) in [5.74, 6) is 2.21. The molecule has 1 aliphatic heterocycles. The van der Waals surface area contributed by atoms with E-state index >= 15 is 0 Å². The molecule has 2 saturated carbocycles. The van der Waals surface area contributed by atoms with E-state index in [4.69, 9.17) is 9.47 Å². The number of hydrogen-bond donors (Lipinski definition) is 0. The summed E-state index contributed by atoms with van der Waals surface area (Å²) < 4.78 is 12.7. The third-order valence-corrected chi connectivity index (χ3v) is 11.1. The van der Waals surface area contributed by atoms with Crippen LogP contribution in [-0.2, 0) is 9.47 Å². The van der Waals surface area contributed by atoms with Crippen LogP contribution in [-0.4, -0.2) is 30.1 Å². The average Bonchev–Trinajstić information content (AvgIpc) is 3.23. The Hall–Kier alpha value is -0.710. The molecule has 3 nitrogen and oxygen atoms in total. The fraction of sp³-hybridized carbons (Fsp3) is 0.788. The number of carbonyl (C=O) groups is 1. The molecule has 0 N–H and O–H groups in total. The minimum absolute atomic E-state index is 0.0194. The van der Waals surface area contributed by atoms with Crippen LogP contribution in [0.2, 0.25) is 0 Å². The highest BCUT2D eigenvalue weighted by Crippen LogP contribution is 2.63. The van der Waals surface area contributed by atoms with Crippen LogP contribution in [0.3, 0.4) is 0 Å². The predicted molar refractivity (Wildman–Crippen MR) is 154 cm³/mol. The Kier molecular flexibility index (Phi) is 9.51. The van der Waals surface area contributed by atoms with Gasteiger partial charge in [0, 0.05) is 23.4 Å². The van der Waals surface area contributed by atoms with Gasteiger partial charge in [0.25, 0.3) is 0 Å². The van der Waals surface area contributed by atoms with Crippen molar-refractivity contribution < 1.29 is 14.3 Å². The zero-order valence-corrected chi connectivity index (χ0v) is 24.9. The molecule has 4 heteroatoms. The summed E-state index contributed by atoms with van der Waals surface area (Å²) in [6.45, 7) is 5.47. The van der Waals surface area contributed by atoms with E-state index in [1.165, 1.54) is 81.8 Å². The maximum Gasteiger partial charge on any atom is 0.166 e. The van der Waals surface area contributed by atoms with E-state index < -0.39 is 0 Å². The third kappa shape index (κ3) is 5.92. The lowest BCUT2D eigenvalue weighted by Crippen LogP contribution is -2.50. The molecule has 7 atom stereocenters. The second-order valence-corrected chi connectivity index (χ2v) is 13.6. The number of aryl methyl sites for hydroxylation is 1. The highest BCUT2D eigenvalue weighted by Gasteiger charge is 2.59. The van der Waals surface area contributed by atoms with E-state index in [9.17, 15) is 4.79 Å². The largest absolute Gasteiger partial charge is 0.353 e. The quantitative estimate of drug-likeness (QED) is 0.196. The summed E-state index contributed by atoms with van der Waals surface area (Å²) in [6.07, 6.45) is 18.5. The van der Waals surface area contributed by atoms with Crippen LogP contribution < -0.4 is 0 Å². The van der Waals surface area contributed by atoms with Gasteiger partial charge in [-0.1, -0.05) is 79.1 Å². The molecule has 0 amide bonds. The van der Waals surface area contributed by atoms with Gasteiger partial charge in [-0.3, -0.25) is 4.79 Å². The van der Waals surface area contributed by atoms with Gasteiger partial charge in [0.15, 0.2) is 12.1 Å². The van der Waals surface area contributed by atoms with Crippen LogP contribution in [0, 0.1) is 30.1 Å². The van der Waals surface area contributed by atoms with Crippen molar-refractivity contribution in [3.63, 3.8) is 0 Å². The van der Waals surface area contributed by atoms with Crippen molar-refractivity contribution in [2.75, 3.05) is 11.9 Å². The number of ether oxygens (including phenoxy) is 2. The Morgan fingerprint density at radius 1 is 1.00 bits per heavy atom. The molecule has 3 aliphatic carbocycles. The van der Waals surface area contributed by atoms with Gasteiger partial charge in [-0.05, 0) is 99.5 Å². The summed E-state index contributed by atoms with van der Waals surface area (Å²) >= 11 is 3.54. The summed E-state index contributed by atoms with van der Waals surface area (Å²) in [4.78, 5) is 14.1. The minimum Gasteiger partial charge on any atom is -0.353 e. The van der Waals surface area contributed by atoms with E-state index in [-0.39, 0.29) is 23.7 Å². The lowest BCUT2D eigenvalue weighted by molar-refractivity contribution is -0.213. The molecule has 5 rings (SSSR count). The maximum absolute atomic E-state index is 14.1. The molecule has 0 spiro atoms. The van der Waals surface area contributed by atoms with Gasteiger partial charge in [-0.25, -0.2) is 0 Å². The van der Waals surface area contributed by atoms with Gasteiger partial charge >= 0.3 is 0 Å². The molecule has 7 unspecified atom stereocenters. The lowest BCUT2D eigenvalue weighted by atomic mass is 9.51. The predicted octanol–water partition coefficient (Wildman–Crippen LogP) is 9.14. The smallest absolute Gasteiger partial charge is 0.166 e. The third-order valence-electron chi connectivity index (χ3n) is 10.5. The Balaban J connectivity index is 1.31. The number of hydrogen-bond acceptors (Lipinski definition) is 3. The van der Waals surface area contributed by atoms with Crippen molar-refractivity contribution in [3.05, 3.63) is 34.9 Å². The van der Waals surface area contributed by atoms with Crippen LogP contribution >= 0.6 is 15.9 Å². The van der Waals surface area contributed by atoms with Crippen molar-refractivity contribution in [2.24, 2.45) is 23.2 Å². The number of halogens is 1. The topological polar surface area (TPSA) is 35.5 Å². The first-order chi connectivity index (χ1) is 18.0. The maximum atomic E-state index is 14.1. The van der Waals surface area contributed by atoms with Crippen molar-refractivity contribution in [3.8, 4) is 0 Å². The Labute approximate surface area is 234 Å². The summed E-state index contributed by atoms with van der Waals surface area (Å²) in [5.41, 5.74) is 3.78. The van der Waals surface area contributed by atoms with Gasteiger partial charge in [0.05, 0.1) is 6.10 Å². The van der Waals surface area contributed by atoms with Crippen molar-refractivity contribution in [2.45, 2.75) is 128 Å². The van der Waals surface area contributed by atoms with Crippen LogP contribution in [0.1, 0.15) is 131 Å². The molecule has 206 valence electrons. The number of alkyl halides is 1. The van der Waals surface area contributed by atoms with Gasteiger partial charge in [-0.2, -0.15) is 0 Å². The first-order valence-corrected chi connectivity index (χ1v) is 16.6. The number of Topliss-reactive ketones (excluding diaryl/α,β-unsaturated/α-hetero) is 1. The molecule has 0 bridgehead atoms. The van der Waals surface area contributed by atoms with Crippen molar-refractivity contribution in [1.29, 1.82) is 0 Å². The zero-order valence-electron chi connectivity index (χ0n) is 23.3. The van der Waals surface area contributed by atoms with E-state index in [1.54, 1.807) is 0 Å². The van der Waals surface area contributed by atoms with E-state index in [2.05, 4.69) is 48.0 Å². The average molecular weight is 574 g/mol. The molecular weight excluding hydrogens is 524 g/mol. The summed E-state index contributed by atoms with van der Waals surface area (Å²) in [5, 5.41) is 1.12. The molecule has 0 radical (unpaired) electrons. The molecule has 3 fully saturated rings. The molecule has 1 aromatic carbocycles. The van der Waals surface area contributed by atoms with Crippen molar-refractivity contribution >= 4 is 21.7 Å². The Morgan fingerprint density at radius 2 is 1.78 bits per heavy atom. The van der Waals surface area contributed by atoms with Crippen LogP contribution in [0.5, 0.6) is 0 Å². The summed E-state index contributed by atoms with van der Waals surface area (Å²) in [7, 11) is 0. The van der Waals surface area contributed by atoms with Gasteiger partial charge in [0.2, 0.25) is 0 Å². The zero-order chi connectivity index (χ0) is 25.8. The molecule has 1 aromatic rings. The van der Waals surface area contributed by atoms with Crippen LogP contribution in [0.15, 0.2) is 18.2 Å². The monoisotopic (exact) mass is 572 g/mol. The second kappa shape index (κ2) is 12.6. The number of benzene rings is 1. The highest BCUT2D eigenvalue weighted by atomic mass is 79.9. The molecule has 1 saturated heterocycles. The number of rotatable bonds is 11. The molecule has 1 heterocycles. The number of ketones is 1. The number of carbonyl (C=O) groups excluding carboxylic acids is 1. The normalized spacial score (nSPS) is 35.2. The van der Waals surface area contributed by atoms with Gasteiger partial charge in [-0.15, -0.1) is 0 Å². The molecule has 4 aliphatic rings. The number of unbranched alkanes of at least 4 members (excludes halogenated alkanes) is 6. The Bertz CT molecular complexity index is 909. The van der Waals surface area contributed by atoms with E-state index in [0.29, 0.717) is 23.5 Å². The van der Waals surface area contributed by atoms with Gasteiger partial charge < -0.3 is 9.47 Å². The SMILES string of the molecule is Cc1ccc2c(c1)C(=O)C(CCCCCCCCCBr)C1C2CCC2(C)C(OC3CCCCO3)CCC12. The standard InChI is InChI=1S/C33H49BrO3/c1-23-14-15-24-25-18-19-33(2)28(16-17-29(33)37-30-13-9-11-21-36-30)31(25)26(32(35)27(24)22-23)12-8-6-4-3-5-7-10-20-34/h14-15,22,25-26,28-31H,3-13,16-21H2,1-2H3. The molecule has 0 aromatic heterocycles. The fourth-order valence-electron chi connectivity index (χ4n) is 8.54. The molecular formula is C33H49BrO3. The minimum atomic E-state index is -0.0194. The van der Waals surface area contributed by atoms with Gasteiger partial charge in [0.1, 0.15) is 0 Å². The second-order valence-electron chi connectivity index (χ2n) is 12.8. The molecule has 37 heavy (non-hydrogen) atoms.